The van der Waals surface area contributed by atoms with Crippen molar-refractivity contribution in [1.82, 2.24) is 5.32 Å². The van der Waals surface area contributed by atoms with Gasteiger partial charge in [-0.25, -0.2) is 0 Å². The number of nitrogens with one attached hydrogen (secondary N) is 1. The van der Waals surface area contributed by atoms with Crippen LogP contribution in [0.25, 0.3) is 0 Å². The Morgan fingerprint density at radius 2 is 1.39 bits per heavy atom. The minimum absolute atomic E-state index is 0.0651. The first kappa shape index (κ1) is 32.1. The molecule has 0 rings (SSSR count). The van der Waals surface area contributed by atoms with E-state index in [-0.39, 0.29) is 11.3 Å². The molecule has 0 aromatic rings. The van der Waals surface area contributed by atoms with Gasteiger partial charge in [0.2, 0.25) is 5.91 Å². The second kappa shape index (κ2) is 18.5. The molecule has 0 aliphatic heterocycles. The molecule has 4 nitrogen and oxygen atoms in total. The first-order valence-electron chi connectivity index (χ1n) is 13.7. The van der Waals surface area contributed by atoms with E-state index >= 15 is 0 Å². The molecule has 2 N–H and O–H groups in total. The lowest BCUT2D eigenvalue weighted by atomic mass is 9.93. The Hall–Kier alpha value is -0.870. The lowest BCUT2D eigenvalue weighted by Gasteiger charge is -2.27. The number of carbonyl (C=O) groups is 1. The molecule has 0 saturated carbocycles. The first-order chi connectivity index (χ1) is 15.5. The largest absolute Gasteiger partial charge is 0.387 e. The van der Waals surface area contributed by atoms with Gasteiger partial charge in [0.25, 0.3) is 0 Å². The number of aliphatic hydroxyl groups excluding tert-OH is 1. The van der Waals surface area contributed by atoms with Crippen LogP contribution in [0.2, 0.25) is 0 Å². The second-order valence-electron chi connectivity index (χ2n) is 12.0. The standard InChI is InChI=1S/C29H57NO3/c1-8-9-10-11-12-13-14-15-16-17-18-19-20-21-26(31)25(30-27(32)29(5,6)7)24-33-23-22-28(2,3)4/h20-21,25-26,31H,8-19,22-24H2,1-7H3,(H,30,32)/b21-20+/t25-,26+/m0/s1. The Bertz CT molecular complexity index is 502. The summed E-state index contributed by atoms with van der Waals surface area (Å²) in [5, 5.41) is 13.7. The molecule has 0 aliphatic rings. The van der Waals surface area contributed by atoms with E-state index in [9.17, 15) is 9.90 Å². The van der Waals surface area contributed by atoms with Crippen molar-refractivity contribution < 1.29 is 14.6 Å². The summed E-state index contributed by atoms with van der Waals surface area (Å²) in [6.07, 6.45) is 19.8. The van der Waals surface area contributed by atoms with Gasteiger partial charge in [-0.05, 0) is 24.7 Å². The van der Waals surface area contributed by atoms with Gasteiger partial charge in [-0.3, -0.25) is 4.79 Å². The maximum absolute atomic E-state index is 12.5. The molecule has 2 atom stereocenters. The van der Waals surface area contributed by atoms with Crippen LogP contribution in [0.5, 0.6) is 0 Å². The van der Waals surface area contributed by atoms with Gasteiger partial charge in [0.1, 0.15) is 0 Å². The summed E-state index contributed by atoms with van der Waals surface area (Å²) in [4.78, 5) is 12.5. The van der Waals surface area contributed by atoms with Gasteiger partial charge in [0.15, 0.2) is 0 Å². The van der Waals surface area contributed by atoms with E-state index in [0.717, 1.165) is 19.3 Å². The van der Waals surface area contributed by atoms with Crippen molar-refractivity contribution in [2.75, 3.05) is 13.2 Å². The molecule has 0 aromatic carbocycles. The van der Waals surface area contributed by atoms with Gasteiger partial charge in [0.05, 0.1) is 18.8 Å². The summed E-state index contributed by atoms with van der Waals surface area (Å²) in [6.45, 7) is 15.4. The monoisotopic (exact) mass is 467 g/mol. The second-order valence-corrected chi connectivity index (χ2v) is 12.0. The molecule has 1 amide bonds. The van der Waals surface area contributed by atoms with E-state index in [4.69, 9.17) is 4.74 Å². The smallest absolute Gasteiger partial charge is 0.225 e. The average molecular weight is 468 g/mol. The Labute approximate surface area is 206 Å². The molecule has 0 aliphatic carbocycles. The van der Waals surface area contributed by atoms with Crippen LogP contribution >= 0.6 is 0 Å². The molecule has 0 radical (unpaired) electrons. The molecule has 0 unspecified atom stereocenters. The number of ether oxygens (including phenoxy) is 1. The quantitative estimate of drug-likeness (QED) is 0.152. The van der Waals surface area contributed by atoms with E-state index in [1.807, 2.05) is 26.8 Å². The van der Waals surface area contributed by atoms with Crippen molar-refractivity contribution in [3.8, 4) is 0 Å². The predicted octanol–water partition coefficient (Wildman–Crippen LogP) is 7.59. The van der Waals surface area contributed by atoms with Crippen molar-refractivity contribution in [3.63, 3.8) is 0 Å². The number of hydrogen-bond acceptors (Lipinski definition) is 3. The lowest BCUT2D eigenvalue weighted by Crippen LogP contribution is -2.49. The minimum atomic E-state index is -0.737. The molecular formula is C29H57NO3. The first-order valence-corrected chi connectivity index (χ1v) is 13.7. The highest BCUT2D eigenvalue weighted by atomic mass is 16.5. The minimum Gasteiger partial charge on any atom is -0.387 e. The van der Waals surface area contributed by atoms with Crippen LogP contribution in [0.1, 0.15) is 132 Å². The number of rotatable bonds is 19. The summed E-state index contributed by atoms with van der Waals surface area (Å²) in [6, 6.07) is -0.426. The highest BCUT2D eigenvalue weighted by molar-refractivity contribution is 5.81. The fraction of sp³-hybridized carbons (Fsp3) is 0.897. The van der Waals surface area contributed by atoms with Crippen LogP contribution in [0.4, 0.5) is 0 Å². The van der Waals surface area contributed by atoms with E-state index in [2.05, 4.69) is 39.1 Å². The third-order valence-electron chi connectivity index (χ3n) is 6.01. The zero-order valence-electron chi connectivity index (χ0n) is 23.2. The highest BCUT2D eigenvalue weighted by Crippen LogP contribution is 2.18. The summed E-state index contributed by atoms with van der Waals surface area (Å²) < 4.78 is 5.82. The maximum atomic E-state index is 12.5. The van der Waals surface area contributed by atoms with Crippen LogP contribution in [0.3, 0.4) is 0 Å². The molecule has 196 valence electrons. The van der Waals surface area contributed by atoms with Crippen molar-refractivity contribution in [2.24, 2.45) is 10.8 Å². The number of aliphatic hydroxyl groups is 1. The summed E-state index contributed by atoms with van der Waals surface area (Å²) >= 11 is 0. The zero-order valence-corrected chi connectivity index (χ0v) is 23.2. The Morgan fingerprint density at radius 3 is 1.88 bits per heavy atom. The maximum Gasteiger partial charge on any atom is 0.225 e. The number of hydrogen-bond donors (Lipinski definition) is 2. The number of unbranched alkanes of at least 4 members (excludes halogenated alkanes) is 11. The normalized spacial score (nSPS) is 14.5. The van der Waals surface area contributed by atoms with Crippen LogP contribution in [-0.2, 0) is 9.53 Å². The SMILES string of the molecule is CCCCCCCCCCCCC/C=C/[C@@H](O)[C@H](COCCC(C)(C)C)NC(=O)C(C)(C)C. The molecule has 0 heterocycles. The van der Waals surface area contributed by atoms with Gasteiger partial charge in [-0.2, -0.15) is 0 Å². The zero-order chi connectivity index (χ0) is 25.2. The topological polar surface area (TPSA) is 58.6 Å². The molecule has 4 heteroatoms. The third-order valence-corrected chi connectivity index (χ3v) is 6.01. The summed E-state index contributed by atoms with van der Waals surface area (Å²) in [5.41, 5.74) is -0.292. The predicted molar refractivity (Wildman–Crippen MR) is 143 cm³/mol. The van der Waals surface area contributed by atoms with E-state index < -0.39 is 17.6 Å². The van der Waals surface area contributed by atoms with Crippen molar-refractivity contribution in [3.05, 3.63) is 12.2 Å². The molecule has 0 aromatic heterocycles. The average Bonchev–Trinajstić information content (AvgIpc) is 2.71. The van der Waals surface area contributed by atoms with Gasteiger partial charge < -0.3 is 15.2 Å². The molecule has 33 heavy (non-hydrogen) atoms. The lowest BCUT2D eigenvalue weighted by molar-refractivity contribution is -0.130. The summed E-state index contributed by atoms with van der Waals surface area (Å²) in [7, 11) is 0. The third kappa shape index (κ3) is 20.2. The van der Waals surface area contributed by atoms with Gasteiger partial charge in [-0.1, -0.05) is 125 Å². The summed E-state index contributed by atoms with van der Waals surface area (Å²) in [5.74, 6) is -0.0651. The fourth-order valence-electron chi connectivity index (χ4n) is 3.50. The molecule has 0 fully saturated rings. The van der Waals surface area contributed by atoms with Crippen LogP contribution < -0.4 is 5.32 Å². The Morgan fingerprint density at radius 1 is 0.879 bits per heavy atom. The Kier molecular flexibility index (Phi) is 18.0. The number of allylic oxidation sites excluding steroid dienone is 1. The van der Waals surface area contributed by atoms with Gasteiger partial charge in [0, 0.05) is 12.0 Å². The van der Waals surface area contributed by atoms with Gasteiger partial charge >= 0.3 is 0 Å². The number of carbonyl (C=O) groups excluding carboxylic acids is 1. The molecule has 0 saturated heterocycles. The van der Waals surface area contributed by atoms with Crippen LogP contribution in [0, 0.1) is 10.8 Å². The Balaban J connectivity index is 4.20. The van der Waals surface area contributed by atoms with E-state index in [0.29, 0.717) is 13.2 Å². The molecule has 0 spiro atoms. The number of amides is 1. The van der Waals surface area contributed by atoms with Crippen molar-refractivity contribution in [2.45, 2.75) is 144 Å². The van der Waals surface area contributed by atoms with Crippen molar-refractivity contribution in [1.29, 1.82) is 0 Å². The van der Waals surface area contributed by atoms with Gasteiger partial charge in [-0.15, -0.1) is 0 Å². The van der Waals surface area contributed by atoms with Crippen LogP contribution in [-0.4, -0.2) is 36.4 Å². The molecular weight excluding hydrogens is 410 g/mol. The van der Waals surface area contributed by atoms with Crippen LogP contribution in [0.15, 0.2) is 12.2 Å². The fourth-order valence-corrected chi connectivity index (χ4v) is 3.50. The van der Waals surface area contributed by atoms with E-state index in [1.54, 1.807) is 0 Å². The highest BCUT2D eigenvalue weighted by Gasteiger charge is 2.27. The van der Waals surface area contributed by atoms with Crippen molar-refractivity contribution >= 4 is 5.91 Å². The van der Waals surface area contributed by atoms with E-state index in [1.165, 1.54) is 64.2 Å². The molecule has 0 bridgehead atoms.